The van der Waals surface area contributed by atoms with Crippen molar-refractivity contribution in [3.63, 3.8) is 0 Å². The number of phenols is 1. The maximum Gasteiger partial charge on any atom is 0.318 e. The Labute approximate surface area is 137 Å². The number of carboxylic acid groups (broad SMARTS) is 2. The van der Waals surface area contributed by atoms with Crippen LogP contribution in [0.1, 0.15) is 58.2 Å². The minimum atomic E-state index is -1.58. The zero-order chi connectivity index (χ0) is 18.2. The molecule has 0 saturated heterocycles. The van der Waals surface area contributed by atoms with Crippen molar-refractivity contribution < 1.29 is 24.9 Å². The monoisotopic (exact) mass is 322 g/mol. The molecular weight excluding hydrogens is 296 g/mol. The fraction of sp³-hybridized carbons (Fsp3) is 0.556. The highest BCUT2D eigenvalue weighted by molar-refractivity contribution is 5.93. The average Bonchev–Trinajstić information content (AvgIpc) is 2.33. The summed E-state index contributed by atoms with van der Waals surface area (Å²) in [6.07, 6.45) is -0.247. The number of hydrogen-bond acceptors (Lipinski definition) is 3. The normalized spacial score (nSPS) is 12.5. The molecule has 1 rings (SSSR count). The summed E-state index contributed by atoms with van der Waals surface area (Å²) in [5, 5.41) is 28.7. The summed E-state index contributed by atoms with van der Waals surface area (Å²) in [5.41, 5.74) is 1.43. The molecule has 5 nitrogen and oxygen atoms in total. The molecule has 0 saturated carbocycles. The fourth-order valence-electron chi connectivity index (χ4n) is 2.36. The molecule has 128 valence electrons. The van der Waals surface area contributed by atoms with Gasteiger partial charge in [-0.3, -0.25) is 9.59 Å². The molecular formula is C18H26O5. The van der Waals surface area contributed by atoms with Crippen molar-refractivity contribution in [1.82, 2.24) is 0 Å². The summed E-state index contributed by atoms with van der Waals surface area (Å²) < 4.78 is 0. The van der Waals surface area contributed by atoms with E-state index in [1.807, 2.05) is 47.6 Å². The van der Waals surface area contributed by atoms with Crippen molar-refractivity contribution in [3.05, 3.63) is 28.8 Å². The predicted octanol–water partition coefficient (Wildman–Crippen LogP) is 3.32. The highest BCUT2D eigenvalue weighted by Crippen LogP contribution is 2.38. The van der Waals surface area contributed by atoms with Gasteiger partial charge >= 0.3 is 11.9 Å². The van der Waals surface area contributed by atoms with Gasteiger partial charge < -0.3 is 15.3 Å². The lowest BCUT2D eigenvalue weighted by molar-refractivity contribution is -0.154. The zero-order valence-corrected chi connectivity index (χ0v) is 14.6. The van der Waals surface area contributed by atoms with Gasteiger partial charge in [-0.25, -0.2) is 0 Å². The Morgan fingerprint density at radius 3 is 1.78 bits per heavy atom. The second-order valence-electron chi connectivity index (χ2n) is 7.96. The third kappa shape index (κ3) is 4.47. The lowest BCUT2D eigenvalue weighted by Gasteiger charge is -2.28. The SMILES string of the molecule is CC(C)(C)c1cc(CC(C(=O)O)C(=O)O)c(O)c(C(C)(C)C)c1. The first-order valence-corrected chi connectivity index (χ1v) is 7.57. The van der Waals surface area contributed by atoms with Crippen molar-refractivity contribution in [2.75, 3.05) is 0 Å². The second-order valence-corrected chi connectivity index (χ2v) is 7.96. The van der Waals surface area contributed by atoms with Gasteiger partial charge in [0.1, 0.15) is 5.75 Å². The Balaban J connectivity index is 3.52. The number of aromatic hydroxyl groups is 1. The summed E-state index contributed by atoms with van der Waals surface area (Å²) in [4.78, 5) is 22.3. The Bertz CT molecular complexity index is 604. The Morgan fingerprint density at radius 1 is 0.957 bits per heavy atom. The maximum atomic E-state index is 11.2. The van der Waals surface area contributed by atoms with Crippen LogP contribution in [0.15, 0.2) is 12.1 Å². The molecule has 0 unspecified atom stereocenters. The second kappa shape index (κ2) is 6.22. The lowest BCUT2D eigenvalue weighted by atomic mass is 9.78. The van der Waals surface area contributed by atoms with Crippen LogP contribution in [0.5, 0.6) is 5.75 Å². The number of hydrogen-bond donors (Lipinski definition) is 3. The first kappa shape index (κ1) is 19.0. The number of phenolic OH excluding ortho intramolecular Hbond substituents is 1. The highest BCUT2D eigenvalue weighted by atomic mass is 16.4. The standard InChI is InChI=1S/C18H26O5/c1-17(2,3)11-7-10(8-12(15(20)21)16(22)23)14(19)13(9-11)18(4,5)6/h7,9,12,19H,8H2,1-6H3,(H,20,21)(H,22,23). The minimum Gasteiger partial charge on any atom is -0.507 e. The Morgan fingerprint density at radius 2 is 1.43 bits per heavy atom. The Kier molecular flexibility index (Phi) is 5.14. The van der Waals surface area contributed by atoms with E-state index in [0.717, 1.165) is 5.56 Å². The van der Waals surface area contributed by atoms with E-state index in [4.69, 9.17) is 10.2 Å². The van der Waals surface area contributed by atoms with E-state index in [0.29, 0.717) is 11.1 Å². The number of carboxylic acids is 2. The van der Waals surface area contributed by atoms with E-state index >= 15 is 0 Å². The number of aliphatic carboxylic acids is 2. The molecule has 0 fully saturated rings. The smallest absolute Gasteiger partial charge is 0.318 e. The molecule has 3 N–H and O–H groups in total. The number of benzene rings is 1. The molecule has 23 heavy (non-hydrogen) atoms. The van der Waals surface area contributed by atoms with E-state index in [9.17, 15) is 14.7 Å². The van der Waals surface area contributed by atoms with Crippen molar-refractivity contribution in [2.24, 2.45) is 5.92 Å². The number of carbonyl (C=O) groups is 2. The first-order valence-electron chi connectivity index (χ1n) is 7.57. The summed E-state index contributed by atoms with van der Waals surface area (Å²) in [5.74, 6) is -4.41. The van der Waals surface area contributed by atoms with Crippen LogP contribution < -0.4 is 0 Å². The summed E-state index contributed by atoms with van der Waals surface area (Å²) in [6, 6.07) is 3.62. The maximum absolute atomic E-state index is 11.2. The highest BCUT2D eigenvalue weighted by Gasteiger charge is 2.30. The quantitative estimate of drug-likeness (QED) is 0.739. The molecule has 1 aromatic carbocycles. The van der Waals surface area contributed by atoms with Crippen molar-refractivity contribution in [1.29, 1.82) is 0 Å². The van der Waals surface area contributed by atoms with Gasteiger partial charge in [0.15, 0.2) is 5.92 Å². The van der Waals surface area contributed by atoms with Crippen LogP contribution in [0, 0.1) is 5.92 Å². The topological polar surface area (TPSA) is 94.8 Å². The van der Waals surface area contributed by atoms with Gasteiger partial charge in [0, 0.05) is 0 Å². The molecule has 0 aliphatic rings. The van der Waals surface area contributed by atoms with Crippen LogP contribution in [0.25, 0.3) is 0 Å². The molecule has 0 radical (unpaired) electrons. The fourth-order valence-corrected chi connectivity index (χ4v) is 2.36. The van der Waals surface area contributed by atoms with E-state index < -0.39 is 17.9 Å². The van der Waals surface area contributed by atoms with Gasteiger partial charge in [0.05, 0.1) is 0 Å². The van der Waals surface area contributed by atoms with Gasteiger partial charge in [0.25, 0.3) is 0 Å². The number of rotatable bonds is 4. The van der Waals surface area contributed by atoms with Crippen LogP contribution in [-0.2, 0) is 26.8 Å². The largest absolute Gasteiger partial charge is 0.507 e. The van der Waals surface area contributed by atoms with Crippen molar-refractivity contribution >= 4 is 11.9 Å². The molecule has 5 heteroatoms. The zero-order valence-electron chi connectivity index (χ0n) is 14.6. The summed E-state index contributed by atoms with van der Waals surface area (Å²) in [6.45, 7) is 11.9. The van der Waals surface area contributed by atoms with Crippen molar-refractivity contribution in [3.8, 4) is 5.75 Å². The van der Waals surface area contributed by atoms with Crippen LogP contribution in [0.3, 0.4) is 0 Å². The predicted molar refractivity (Wildman–Crippen MR) is 88.0 cm³/mol. The minimum absolute atomic E-state index is 0.0157. The molecule has 0 aliphatic heterocycles. The molecule has 0 atom stereocenters. The van der Waals surface area contributed by atoms with Gasteiger partial charge in [-0.15, -0.1) is 0 Å². The van der Waals surface area contributed by atoms with Crippen LogP contribution in [-0.4, -0.2) is 27.3 Å². The van der Waals surface area contributed by atoms with E-state index in [1.54, 1.807) is 6.07 Å². The molecule has 0 bridgehead atoms. The van der Waals surface area contributed by atoms with Crippen molar-refractivity contribution in [2.45, 2.75) is 58.8 Å². The third-order valence-corrected chi connectivity index (χ3v) is 3.88. The van der Waals surface area contributed by atoms with E-state index in [2.05, 4.69) is 0 Å². The summed E-state index contributed by atoms with van der Waals surface area (Å²) in [7, 11) is 0. The molecule has 0 aromatic heterocycles. The third-order valence-electron chi connectivity index (χ3n) is 3.88. The average molecular weight is 322 g/mol. The van der Waals surface area contributed by atoms with Gasteiger partial charge in [0.2, 0.25) is 0 Å². The molecule has 0 heterocycles. The van der Waals surface area contributed by atoms with E-state index in [-0.39, 0.29) is 23.0 Å². The molecule has 0 amide bonds. The molecule has 0 spiro atoms. The van der Waals surface area contributed by atoms with Crippen LogP contribution in [0.4, 0.5) is 0 Å². The van der Waals surface area contributed by atoms with Crippen LogP contribution in [0.2, 0.25) is 0 Å². The van der Waals surface area contributed by atoms with E-state index in [1.165, 1.54) is 0 Å². The summed E-state index contributed by atoms with van der Waals surface area (Å²) >= 11 is 0. The first-order chi connectivity index (χ1) is 10.2. The van der Waals surface area contributed by atoms with Crippen LogP contribution >= 0.6 is 0 Å². The molecule has 0 aliphatic carbocycles. The van der Waals surface area contributed by atoms with Gasteiger partial charge in [-0.05, 0) is 33.9 Å². The van der Waals surface area contributed by atoms with Gasteiger partial charge in [-0.2, -0.15) is 0 Å². The lowest BCUT2D eigenvalue weighted by Crippen LogP contribution is -2.26. The Hall–Kier alpha value is -2.04. The molecule has 1 aromatic rings. The van der Waals surface area contributed by atoms with Gasteiger partial charge in [-0.1, -0.05) is 53.7 Å².